The lowest BCUT2D eigenvalue weighted by Gasteiger charge is -1.97. The predicted octanol–water partition coefficient (Wildman–Crippen LogP) is 1.81. The standard InChI is InChI=1S/C10H10N2O4/c1-3-14-10(13)8-9(15-5-11-8)7-4-6(2)12-16-7/h4-5H,3H2,1-2H3. The van der Waals surface area contributed by atoms with Gasteiger partial charge in [-0.1, -0.05) is 5.16 Å². The molecule has 0 atom stereocenters. The van der Waals surface area contributed by atoms with Gasteiger partial charge in [0, 0.05) is 6.07 Å². The van der Waals surface area contributed by atoms with Gasteiger partial charge in [0.25, 0.3) is 0 Å². The van der Waals surface area contributed by atoms with Crippen LogP contribution in [0, 0.1) is 6.92 Å². The molecule has 0 radical (unpaired) electrons. The Bertz CT molecular complexity index is 500. The van der Waals surface area contributed by atoms with Gasteiger partial charge in [-0.2, -0.15) is 0 Å². The van der Waals surface area contributed by atoms with Crippen molar-refractivity contribution < 1.29 is 18.5 Å². The Morgan fingerprint density at radius 3 is 3.00 bits per heavy atom. The first-order valence-corrected chi connectivity index (χ1v) is 4.76. The smallest absolute Gasteiger partial charge is 0.361 e. The van der Waals surface area contributed by atoms with Crippen LogP contribution in [-0.2, 0) is 4.74 Å². The van der Waals surface area contributed by atoms with E-state index in [0.29, 0.717) is 11.5 Å². The van der Waals surface area contributed by atoms with Gasteiger partial charge < -0.3 is 13.7 Å². The molecule has 0 aliphatic carbocycles. The molecule has 2 rings (SSSR count). The summed E-state index contributed by atoms with van der Waals surface area (Å²) in [6.07, 6.45) is 1.17. The summed E-state index contributed by atoms with van der Waals surface area (Å²) in [5.41, 5.74) is 0.791. The Hall–Kier alpha value is -2.11. The van der Waals surface area contributed by atoms with E-state index in [1.165, 1.54) is 6.39 Å². The molecule has 0 aliphatic rings. The molecular weight excluding hydrogens is 212 g/mol. The van der Waals surface area contributed by atoms with Crippen LogP contribution in [0.25, 0.3) is 11.5 Å². The van der Waals surface area contributed by atoms with E-state index in [4.69, 9.17) is 13.7 Å². The van der Waals surface area contributed by atoms with Crippen molar-refractivity contribution in [3.8, 4) is 11.5 Å². The van der Waals surface area contributed by atoms with Crippen LogP contribution < -0.4 is 0 Å². The van der Waals surface area contributed by atoms with Crippen LogP contribution in [0.4, 0.5) is 0 Å². The monoisotopic (exact) mass is 222 g/mol. The fourth-order valence-electron chi connectivity index (χ4n) is 1.24. The Kier molecular flexibility index (Phi) is 2.72. The maximum absolute atomic E-state index is 11.5. The van der Waals surface area contributed by atoms with Gasteiger partial charge in [-0.15, -0.1) is 0 Å². The van der Waals surface area contributed by atoms with Gasteiger partial charge in [0.1, 0.15) is 0 Å². The van der Waals surface area contributed by atoms with Crippen LogP contribution in [0.2, 0.25) is 0 Å². The second-order valence-corrected chi connectivity index (χ2v) is 3.08. The molecule has 0 saturated heterocycles. The fourth-order valence-corrected chi connectivity index (χ4v) is 1.24. The molecular formula is C10H10N2O4. The van der Waals surface area contributed by atoms with Crippen LogP contribution in [0.3, 0.4) is 0 Å². The van der Waals surface area contributed by atoms with Gasteiger partial charge in [-0.25, -0.2) is 9.78 Å². The number of rotatable bonds is 3. The highest BCUT2D eigenvalue weighted by atomic mass is 16.5. The number of hydrogen-bond donors (Lipinski definition) is 0. The Labute approximate surface area is 91.2 Å². The molecule has 2 aromatic rings. The summed E-state index contributed by atoms with van der Waals surface area (Å²) >= 11 is 0. The minimum Gasteiger partial charge on any atom is -0.461 e. The Morgan fingerprint density at radius 2 is 2.38 bits per heavy atom. The van der Waals surface area contributed by atoms with E-state index in [-0.39, 0.29) is 18.1 Å². The highest BCUT2D eigenvalue weighted by Crippen LogP contribution is 2.24. The van der Waals surface area contributed by atoms with E-state index in [9.17, 15) is 4.79 Å². The maximum atomic E-state index is 11.5. The molecule has 0 amide bonds. The summed E-state index contributed by atoms with van der Waals surface area (Å²) in [4.78, 5) is 15.3. The molecule has 0 aliphatic heterocycles. The summed E-state index contributed by atoms with van der Waals surface area (Å²) in [6.45, 7) is 3.77. The highest BCUT2D eigenvalue weighted by molar-refractivity contribution is 5.92. The van der Waals surface area contributed by atoms with E-state index >= 15 is 0 Å². The quantitative estimate of drug-likeness (QED) is 0.737. The molecule has 6 nitrogen and oxygen atoms in total. The average molecular weight is 222 g/mol. The highest BCUT2D eigenvalue weighted by Gasteiger charge is 2.22. The minimum absolute atomic E-state index is 0.0954. The summed E-state index contributed by atoms with van der Waals surface area (Å²) in [7, 11) is 0. The lowest BCUT2D eigenvalue weighted by Crippen LogP contribution is -2.06. The zero-order valence-corrected chi connectivity index (χ0v) is 8.89. The van der Waals surface area contributed by atoms with Gasteiger partial charge in [-0.3, -0.25) is 0 Å². The van der Waals surface area contributed by atoms with Crippen molar-refractivity contribution in [1.82, 2.24) is 10.1 Å². The van der Waals surface area contributed by atoms with Crippen molar-refractivity contribution in [1.29, 1.82) is 0 Å². The van der Waals surface area contributed by atoms with Gasteiger partial charge in [-0.05, 0) is 13.8 Å². The van der Waals surface area contributed by atoms with Crippen molar-refractivity contribution in [2.24, 2.45) is 0 Å². The van der Waals surface area contributed by atoms with E-state index in [0.717, 1.165) is 0 Å². The predicted molar refractivity (Wildman–Crippen MR) is 52.7 cm³/mol. The van der Waals surface area contributed by atoms with Crippen LogP contribution in [0.5, 0.6) is 0 Å². The zero-order chi connectivity index (χ0) is 11.5. The zero-order valence-electron chi connectivity index (χ0n) is 8.89. The summed E-state index contributed by atoms with van der Waals surface area (Å²) in [5.74, 6) is 0.0532. The van der Waals surface area contributed by atoms with Crippen molar-refractivity contribution in [2.75, 3.05) is 6.61 Å². The first-order valence-electron chi connectivity index (χ1n) is 4.76. The number of nitrogens with zero attached hydrogens (tertiary/aromatic N) is 2. The molecule has 0 fully saturated rings. The number of ether oxygens (including phenoxy) is 1. The molecule has 2 aromatic heterocycles. The van der Waals surface area contributed by atoms with E-state index in [1.54, 1.807) is 19.9 Å². The molecule has 0 N–H and O–H groups in total. The number of carbonyl (C=O) groups excluding carboxylic acids is 1. The Balaban J connectivity index is 2.36. The third-order valence-corrected chi connectivity index (χ3v) is 1.89. The molecule has 84 valence electrons. The van der Waals surface area contributed by atoms with Crippen molar-refractivity contribution in [2.45, 2.75) is 13.8 Å². The summed E-state index contributed by atoms with van der Waals surface area (Å²) in [5, 5.41) is 3.70. The molecule has 0 saturated carbocycles. The minimum atomic E-state index is -0.541. The molecule has 6 heteroatoms. The lowest BCUT2D eigenvalue weighted by atomic mass is 10.2. The summed E-state index contributed by atoms with van der Waals surface area (Å²) in [6, 6.07) is 1.66. The maximum Gasteiger partial charge on any atom is 0.361 e. The van der Waals surface area contributed by atoms with Gasteiger partial charge in [0.05, 0.1) is 12.3 Å². The second-order valence-electron chi connectivity index (χ2n) is 3.08. The largest absolute Gasteiger partial charge is 0.461 e. The second kappa shape index (κ2) is 4.18. The number of aromatic nitrogens is 2. The molecule has 0 aromatic carbocycles. The van der Waals surface area contributed by atoms with E-state index in [1.807, 2.05) is 0 Å². The first-order chi connectivity index (χ1) is 7.72. The van der Waals surface area contributed by atoms with Crippen molar-refractivity contribution in [3.63, 3.8) is 0 Å². The van der Waals surface area contributed by atoms with E-state index in [2.05, 4.69) is 10.1 Å². The molecule has 16 heavy (non-hydrogen) atoms. The average Bonchev–Trinajstić information content (AvgIpc) is 2.85. The molecule has 0 bridgehead atoms. The SMILES string of the molecule is CCOC(=O)c1ncoc1-c1cc(C)no1. The normalized spacial score (nSPS) is 10.4. The molecule has 0 spiro atoms. The summed E-state index contributed by atoms with van der Waals surface area (Å²) < 4.78 is 14.9. The van der Waals surface area contributed by atoms with Crippen LogP contribution >= 0.6 is 0 Å². The fraction of sp³-hybridized carbons (Fsp3) is 0.300. The Morgan fingerprint density at radius 1 is 1.56 bits per heavy atom. The number of esters is 1. The van der Waals surface area contributed by atoms with Crippen molar-refractivity contribution in [3.05, 3.63) is 23.8 Å². The van der Waals surface area contributed by atoms with Gasteiger partial charge >= 0.3 is 5.97 Å². The lowest BCUT2D eigenvalue weighted by molar-refractivity contribution is 0.0520. The number of oxazole rings is 1. The van der Waals surface area contributed by atoms with Crippen LogP contribution in [0.15, 0.2) is 21.4 Å². The molecule has 2 heterocycles. The third-order valence-electron chi connectivity index (χ3n) is 1.89. The van der Waals surface area contributed by atoms with Gasteiger partial charge in [0.2, 0.25) is 11.5 Å². The number of aryl methyl sites for hydroxylation is 1. The van der Waals surface area contributed by atoms with Crippen molar-refractivity contribution >= 4 is 5.97 Å². The topological polar surface area (TPSA) is 78.4 Å². The number of carbonyl (C=O) groups is 1. The third kappa shape index (κ3) is 1.81. The molecule has 0 unspecified atom stereocenters. The van der Waals surface area contributed by atoms with Crippen LogP contribution in [-0.4, -0.2) is 22.7 Å². The van der Waals surface area contributed by atoms with E-state index < -0.39 is 5.97 Å². The first kappa shape index (κ1) is 10.4. The van der Waals surface area contributed by atoms with Crippen LogP contribution in [0.1, 0.15) is 23.1 Å². The number of hydrogen-bond acceptors (Lipinski definition) is 6. The van der Waals surface area contributed by atoms with Gasteiger partial charge in [0.15, 0.2) is 12.1 Å².